The maximum Gasteiger partial charge on any atom is 0.0221 e. The van der Waals surface area contributed by atoms with Crippen LogP contribution in [0.2, 0.25) is 0 Å². The van der Waals surface area contributed by atoms with E-state index in [1.54, 1.807) is 0 Å². The van der Waals surface area contributed by atoms with E-state index in [9.17, 15) is 0 Å². The van der Waals surface area contributed by atoms with Gasteiger partial charge >= 0.3 is 0 Å². The van der Waals surface area contributed by atoms with Crippen molar-refractivity contribution in [3.63, 3.8) is 0 Å². The largest absolute Gasteiger partial charge is 0.0884 e. The van der Waals surface area contributed by atoms with Crippen molar-refractivity contribution < 1.29 is 0 Å². The van der Waals surface area contributed by atoms with E-state index in [0.717, 1.165) is 5.92 Å². The fourth-order valence-corrected chi connectivity index (χ4v) is 2.53. The van der Waals surface area contributed by atoms with Crippen molar-refractivity contribution in [3.05, 3.63) is 34.3 Å². The zero-order valence-electron chi connectivity index (χ0n) is 5.93. The molecule has 1 aromatic rings. The lowest BCUT2D eigenvalue weighted by Crippen LogP contribution is -1.82. The average molecular weight is 276 g/mol. The predicted molar refractivity (Wildman–Crippen MR) is 54.2 cm³/mol. The van der Waals surface area contributed by atoms with Gasteiger partial charge in [0.1, 0.15) is 0 Å². The highest BCUT2D eigenvalue weighted by molar-refractivity contribution is 9.10. The quantitative estimate of drug-likeness (QED) is 0.686. The van der Waals surface area contributed by atoms with Crippen LogP contribution in [0.1, 0.15) is 17.9 Å². The van der Waals surface area contributed by atoms with Gasteiger partial charge in [-0.1, -0.05) is 50.1 Å². The molecule has 58 valence electrons. The molecule has 1 aromatic carbocycles. The van der Waals surface area contributed by atoms with Crippen LogP contribution >= 0.6 is 31.9 Å². The molecule has 0 N–H and O–H groups in total. The van der Waals surface area contributed by atoms with Gasteiger partial charge in [-0.3, -0.25) is 0 Å². The number of rotatable bonds is 1. The molecule has 0 aliphatic heterocycles. The Kier molecular flexibility index (Phi) is 2.06. The highest BCUT2D eigenvalue weighted by Gasteiger charge is 2.36. The molecule has 0 spiro atoms. The maximum absolute atomic E-state index is 3.60. The van der Waals surface area contributed by atoms with Crippen LogP contribution in [0.4, 0.5) is 0 Å². The van der Waals surface area contributed by atoms with Crippen molar-refractivity contribution in [1.82, 2.24) is 0 Å². The van der Waals surface area contributed by atoms with Crippen molar-refractivity contribution in [1.29, 1.82) is 0 Å². The normalized spacial score (nSPS) is 28.5. The van der Waals surface area contributed by atoms with E-state index in [1.165, 1.54) is 16.5 Å². The Morgan fingerprint density at radius 1 is 1.27 bits per heavy atom. The second-order valence-electron chi connectivity index (χ2n) is 2.88. The van der Waals surface area contributed by atoms with E-state index in [2.05, 4.69) is 56.1 Å². The van der Waals surface area contributed by atoms with Gasteiger partial charge in [-0.25, -0.2) is 0 Å². The van der Waals surface area contributed by atoms with Crippen molar-refractivity contribution in [2.45, 2.75) is 17.2 Å². The molecule has 0 amide bonds. The van der Waals surface area contributed by atoms with E-state index in [0.29, 0.717) is 4.83 Å². The summed E-state index contributed by atoms with van der Waals surface area (Å²) in [7, 11) is 0. The SMILES string of the molecule is Brc1ccccc1[C@@H]1C[C@H]1Br. The first-order chi connectivity index (χ1) is 5.29. The molecule has 2 heteroatoms. The Bertz CT molecular complexity index is 270. The predicted octanol–water partition coefficient (Wildman–Crippen LogP) is 3.70. The van der Waals surface area contributed by atoms with Gasteiger partial charge in [0.05, 0.1) is 0 Å². The van der Waals surface area contributed by atoms with Crippen LogP contribution in [0.5, 0.6) is 0 Å². The summed E-state index contributed by atoms with van der Waals surface area (Å²) in [6, 6.07) is 8.45. The number of benzene rings is 1. The van der Waals surface area contributed by atoms with Gasteiger partial charge in [-0.15, -0.1) is 0 Å². The monoisotopic (exact) mass is 274 g/mol. The molecule has 2 atom stereocenters. The Hall–Kier alpha value is 0.180. The summed E-state index contributed by atoms with van der Waals surface area (Å²) in [6.07, 6.45) is 1.28. The van der Waals surface area contributed by atoms with Crippen LogP contribution in [0, 0.1) is 0 Å². The second kappa shape index (κ2) is 2.91. The molecule has 1 aliphatic rings. The van der Waals surface area contributed by atoms with E-state index in [-0.39, 0.29) is 0 Å². The molecule has 1 aliphatic carbocycles. The fourth-order valence-electron chi connectivity index (χ4n) is 1.26. The molecule has 0 bridgehead atoms. The van der Waals surface area contributed by atoms with Crippen LogP contribution in [0.3, 0.4) is 0 Å². The van der Waals surface area contributed by atoms with Crippen molar-refractivity contribution in [3.8, 4) is 0 Å². The van der Waals surface area contributed by atoms with Crippen molar-refractivity contribution in [2.75, 3.05) is 0 Å². The smallest absolute Gasteiger partial charge is 0.0221 e. The average Bonchev–Trinajstić information content (AvgIpc) is 2.68. The zero-order valence-corrected chi connectivity index (χ0v) is 9.10. The minimum atomic E-state index is 0.709. The van der Waals surface area contributed by atoms with Gasteiger partial charge in [-0.05, 0) is 24.0 Å². The molecular formula is C9H8Br2. The third kappa shape index (κ3) is 1.52. The highest BCUT2D eigenvalue weighted by atomic mass is 79.9. The molecule has 0 saturated heterocycles. The lowest BCUT2D eigenvalue weighted by molar-refractivity contribution is 1.12. The topological polar surface area (TPSA) is 0 Å². The summed E-state index contributed by atoms with van der Waals surface area (Å²) in [6.45, 7) is 0. The molecule has 0 nitrogen and oxygen atoms in total. The van der Waals surface area contributed by atoms with Crippen LogP contribution < -0.4 is 0 Å². The van der Waals surface area contributed by atoms with Gasteiger partial charge < -0.3 is 0 Å². The van der Waals surface area contributed by atoms with E-state index >= 15 is 0 Å². The molecule has 1 fully saturated rings. The third-order valence-electron chi connectivity index (χ3n) is 2.02. The number of halogens is 2. The van der Waals surface area contributed by atoms with Crippen LogP contribution in [-0.4, -0.2) is 4.83 Å². The first-order valence-corrected chi connectivity index (χ1v) is 5.38. The Balaban J connectivity index is 2.31. The number of hydrogen-bond acceptors (Lipinski definition) is 0. The van der Waals surface area contributed by atoms with Crippen LogP contribution in [-0.2, 0) is 0 Å². The molecule has 0 heterocycles. The highest BCUT2D eigenvalue weighted by Crippen LogP contribution is 2.48. The van der Waals surface area contributed by atoms with E-state index < -0.39 is 0 Å². The summed E-state index contributed by atoms with van der Waals surface area (Å²) >= 11 is 7.14. The summed E-state index contributed by atoms with van der Waals surface area (Å²) in [4.78, 5) is 0.709. The fraction of sp³-hybridized carbons (Fsp3) is 0.333. The van der Waals surface area contributed by atoms with Crippen LogP contribution in [0.25, 0.3) is 0 Å². The standard InChI is InChI=1S/C9H8Br2/c10-8-4-2-1-3-6(8)7-5-9(7)11/h1-4,7,9H,5H2/t7-,9+/m0/s1. The molecule has 11 heavy (non-hydrogen) atoms. The van der Waals surface area contributed by atoms with Gasteiger partial charge in [0, 0.05) is 9.30 Å². The van der Waals surface area contributed by atoms with Crippen LogP contribution in [0.15, 0.2) is 28.7 Å². The maximum atomic E-state index is 3.60. The molecule has 1 saturated carbocycles. The van der Waals surface area contributed by atoms with E-state index in [4.69, 9.17) is 0 Å². The molecule has 2 rings (SSSR count). The summed E-state index contributed by atoms with van der Waals surface area (Å²) in [5.74, 6) is 0.741. The third-order valence-corrected chi connectivity index (χ3v) is 3.75. The summed E-state index contributed by atoms with van der Waals surface area (Å²) in [5.41, 5.74) is 1.44. The lowest BCUT2D eigenvalue weighted by Gasteiger charge is -1.99. The first-order valence-electron chi connectivity index (χ1n) is 3.67. The minimum Gasteiger partial charge on any atom is -0.0884 e. The molecule has 0 unspecified atom stereocenters. The number of hydrogen-bond donors (Lipinski definition) is 0. The molecule has 0 aromatic heterocycles. The molecule has 0 radical (unpaired) electrons. The first kappa shape index (κ1) is 7.81. The van der Waals surface area contributed by atoms with E-state index in [1.807, 2.05) is 0 Å². The second-order valence-corrected chi connectivity index (χ2v) is 4.91. The van der Waals surface area contributed by atoms with Gasteiger partial charge in [0.15, 0.2) is 0 Å². The van der Waals surface area contributed by atoms with Crippen molar-refractivity contribution >= 4 is 31.9 Å². The van der Waals surface area contributed by atoms with Crippen molar-refractivity contribution in [2.24, 2.45) is 0 Å². The lowest BCUT2D eigenvalue weighted by atomic mass is 10.1. The zero-order chi connectivity index (χ0) is 7.84. The Labute approximate surface area is 83.3 Å². The minimum absolute atomic E-state index is 0.709. The summed E-state index contributed by atoms with van der Waals surface area (Å²) < 4.78 is 1.24. The Morgan fingerprint density at radius 3 is 2.45 bits per heavy atom. The Morgan fingerprint density at radius 2 is 1.91 bits per heavy atom. The molecular weight excluding hydrogens is 268 g/mol. The van der Waals surface area contributed by atoms with Gasteiger partial charge in [-0.2, -0.15) is 0 Å². The number of alkyl halides is 1. The van der Waals surface area contributed by atoms with Gasteiger partial charge in [0.2, 0.25) is 0 Å². The van der Waals surface area contributed by atoms with Gasteiger partial charge in [0.25, 0.3) is 0 Å². The summed E-state index contributed by atoms with van der Waals surface area (Å²) in [5, 5.41) is 0.